The SMILES string of the molecule is CCc1cc(C(=O)NCc2ccn(C)n2)cc(NC)n1. The van der Waals surface area contributed by atoms with Crippen LogP contribution in [0.25, 0.3) is 0 Å². The van der Waals surface area contributed by atoms with Crippen molar-refractivity contribution in [2.75, 3.05) is 12.4 Å². The molecule has 0 aliphatic heterocycles. The molecule has 0 saturated heterocycles. The van der Waals surface area contributed by atoms with Crippen LogP contribution < -0.4 is 10.6 Å². The van der Waals surface area contributed by atoms with Crippen molar-refractivity contribution in [3.8, 4) is 0 Å². The van der Waals surface area contributed by atoms with Crippen molar-refractivity contribution >= 4 is 11.7 Å². The number of anilines is 1. The Labute approximate surface area is 118 Å². The van der Waals surface area contributed by atoms with Crippen LogP contribution >= 0.6 is 0 Å². The molecule has 2 aromatic heterocycles. The molecule has 0 aromatic carbocycles. The van der Waals surface area contributed by atoms with E-state index in [1.54, 1.807) is 17.8 Å². The molecule has 2 rings (SSSR count). The lowest BCUT2D eigenvalue weighted by atomic mass is 10.2. The molecule has 2 heterocycles. The molecule has 0 atom stereocenters. The van der Waals surface area contributed by atoms with Crippen LogP contribution in [-0.2, 0) is 20.0 Å². The number of nitrogens with one attached hydrogen (secondary N) is 2. The second-order valence-electron chi connectivity index (χ2n) is 4.50. The van der Waals surface area contributed by atoms with E-state index in [4.69, 9.17) is 0 Å². The van der Waals surface area contributed by atoms with E-state index in [2.05, 4.69) is 20.7 Å². The zero-order valence-corrected chi connectivity index (χ0v) is 12.0. The van der Waals surface area contributed by atoms with Gasteiger partial charge in [0, 0.05) is 31.5 Å². The smallest absolute Gasteiger partial charge is 0.251 e. The molecule has 6 nitrogen and oxygen atoms in total. The van der Waals surface area contributed by atoms with Crippen LogP contribution in [0.3, 0.4) is 0 Å². The minimum atomic E-state index is -0.121. The summed E-state index contributed by atoms with van der Waals surface area (Å²) in [7, 11) is 3.64. The zero-order valence-electron chi connectivity index (χ0n) is 12.0. The van der Waals surface area contributed by atoms with E-state index in [1.165, 1.54) is 0 Å². The second-order valence-corrected chi connectivity index (χ2v) is 4.50. The number of carbonyl (C=O) groups is 1. The number of pyridine rings is 1. The lowest BCUT2D eigenvalue weighted by molar-refractivity contribution is 0.0950. The predicted octanol–water partition coefficient (Wildman–Crippen LogP) is 1.35. The summed E-state index contributed by atoms with van der Waals surface area (Å²) in [6.07, 6.45) is 2.64. The Balaban J connectivity index is 2.08. The Morgan fingerprint density at radius 1 is 1.35 bits per heavy atom. The molecule has 0 saturated carbocycles. The molecule has 2 N–H and O–H groups in total. The molecule has 2 aromatic rings. The van der Waals surface area contributed by atoms with Crippen molar-refractivity contribution in [3.63, 3.8) is 0 Å². The predicted molar refractivity (Wildman–Crippen MR) is 77.5 cm³/mol. The summed E-state index contributed by atoms with van der Waals surface area (Å²) in [6, 6.07) is 5.44. The Morgan fingerprint density at radius 2 is 2.15 bits per heavy atom. The number of hydrogen-bond donors (Lipinski definition) is 2. The monoisotopic (exact) mass is 273 g/mol. The molecular weight excluding hydrogens is 254 g/mol. The third-order valence-electron chi connectivity index (χ3n) is 2.96. The van der Waals surface area contributed by atoms with Gasteiger partial charge in [-0.15, -0.1) is 0 Å². The highest BCUT2D eigenvalue weighted by Crippen LogP contribution is 2.11. The topological polar surface area (TPSA) is 71.8 Å². The number of nitrogens with zero attached hydrogens (tertiary/aromatic N) is 3. The number of rotatable bonds is 5. The first kappa shape index (κ1) is 14.0. The quantitative estimate of drug-likeness (QED) is 0.862. The minimum Gasteiger partial charge on any atom is -0.373 e. The zero-order chi connectivity index (χ0) is 14.5. The van der Waals surface area contributed by atoms with Crippen LogP contribution in [0.2, 0.25) is 0 Å². The molecule has 0 unspecified atom stereocenters. The van der Waals surface area contributed by atoms with Gasteiger partial charge in [0.2, 0.25) is 0 Å². The number of aryl methyl sites for hydroxylation is 2. The fourth-order valence-electron chi connectivity index (χ4n) is 1.86. The maximum absolute atomic E-state index is 12.2. The molecule has 0 bridgehead atoms. The van der Waals surface area contributed by atoms with Gasteiger partial charge in [0.1, 0.15) is 5.82 Å². The van der Waals surface area contributed by atoms with E-state index in [0.29, 0.717) is 17.9 Å². The first-order chi connectivity index (χ1) is 9.62. The maximum Gasteiger partial charge on any atom is 0.251 e. The van der Waals surface area contributed by atoms with Gasteiger partial charge in [-0.05, 0) is 24.6 Å². The molecule has 6 heteroatoms. The van der Waals surface area contributed by atoms with E-state index >= 15 is 0 Å². The van der Waals surface area contributed by atoms with Gasteiger partial charge in [0.25, 0.3) is 5.91 Å². The molecule has 20 heavy (non-hydrogen) atoms. The van der Waals surface area contributed by atoms with Crippen LogP contribution in [0.5, 0.6) is 0 Å². The van der Waals surface area contributed by atoms with Gasteiger partial charge in [-0.25, -0.2) is 4.98 Å². The molecule has 0 radical (unpaired) electrons. The average molecular weight is 273 g/mol. The Morgan fingerprint density at radius 3 is 2.75 bits per heavy atom. The number of aromatic nitrogens is 3. The molecule has 0 aliphatic carbocycles. The van der Waals surface area contributed by atoms with E-state index in [9.17, 15) is 4.79 Å². The van der Waals surface area contributed by atoms with Gasteiger partial charge in [-0.1, -0.05) is 6.92 Å². The fraction of sp³-hybridized carbons (Fsp3) is 0.357. The Hall–Kier alpha value is -2.37. The standard InChI is InChI=1S/C14H19N5O/c1-4-11-7-10(8-13(15-2)17-11)14(20)16-9-12-5-6-19(3)18-12/h5-8H,4,9H2,1-3H3,(H,15,17)(H,16,20). The summed E-state index contributed by atoms with van der Waals surface area (Å²) in [5.41, 5.74) is 2.33. The van der Waals surface area contributed by atoms with Gasteiger partial charge >= 0.3 is 0 Å². The van der Waals surface area contributed by atoms with Crippen LogP contribution in [0, 0.1) is 0 Å². The summed E-state index contributed by atoms with van der Waals surface area (Å²) >= 11 is 0. The Kier molecular flexibility index (Phi) is 4.34. The summed E-state index contributed by atoms with van der Waals surface area (Å²) in [6.45, 7) is 2.43. The molecule has 0 spiro atoms. The third-order valence-corrected chi connectivity index (χ3v) is 2.96. The largest absolute Gasteiger partial charge is 0.373 e. The highest BCUT2D eigenvalue weighted by Gasteiger charge is 2.09. The summed E-state index contributed by atoms with van der Waals surface area (Å²) in [4.78, 5) is 16.5. The number of carbonyl (C=O) groups excluding carboxylic acids is 1. The van der Waals surface area contributed by atoms with Crippen molar-refractivity contribution < 1.29 is 4.79 Å². The van der Waals surface area contributed by atoms with Crippen LogP contribution in [-0.4, -0.2) is 27.7 Å². The van der Waals surface area contributed by atoms with Crippen LogP contribution in [0.1, 0.15) is 28.7 Å². The normalized spacial score (nSPS) is 10.3. The molecular formula is C14H19N5O. The molecule has 0 fully saturated rings. The number of hydrogen-bond acceptors (Lipinski definition) is 4. The summed E-state index contributed by atoms with van der Waals surface area (Å²) < 4.78 is 1.71. The average Bonchev–Trinajstić information content (AvgIpc) is 2.89. The first-order valence-corrected chi connectivity index (χ1v) is 6.57. The van der Waals surface area contributed by atoms with E-state index in [-0.39, 0.29) is 5.91 Å². The van der Waals surface area contributed by atoms with Crippen LogP contribution in [0.15, 0.2) is 24.4 Å². The Bertz CT molecular complexity index is 583. The highest BCUT2D eigenvalue weighted by atomic mass is 16.1. The second kappa shape index (κ2) is 6.18. The fourth-order valence-corrected chi connectivity index (χ4v) is 1.86. The maximum atomic E-state index is 12.2. The molecule has 106 valence electrons. The van der Waals surface area contributed by atoms with Crippen molar-refractivity contribution in [1.29, 1.82) is 0 Å². The van der Waals surface area contributed by atoms with E-state index in [1.807, 2.05) is 32.3 Å². The molecule has 1 amide bonds. The first-order valence-electron chi connectivity index (χ1n) is 6.57. The van der Waals surface area contributed by atoms with Crippen LogP contribution in [0.4, 0.5) is 5.82 Å². The lowest BCUT2D eigenvalue weighted by Crippen LogP contribution is -2.23. The highest BCUT2D eigenvalue weighted by molar-refractivity contribution is 5.94. The van der Waals surface area contributed by atoms with Crippen molar-refractivity contribution in [3.05, 3.63) is 41.3 Å². The van der Waals surface area contributed by atoms with Crippen molar-refractivity contribution in [2.45, 2.75) is 19.9 Å². The van der Waals surface area contributed by atoms with Crippen molar-refractivity contribution in [1.82, 2.24) is 20.1 Å². The summed E-state index contributed by atoms with van der Waals surface area (Å²) in [5, 5.41) is 10.0. The summed E-state index contributed by atoms with van der Waals surface area (Å²) in [5.74, 6) is 0.580. The minimum absolute atomic E-state index is 0.121. The van der Waals surface area contributed by atoms with Gasteiger partial charge < -0.3 is 10.6 Å². The van der Waals surface area contributed by atoms with Gasteiger partial charge in [-0.2, -0.15) is 5.10 Å². The third kappa shape index (κ3) is 3.34. The lowest BCUT2D eigenvalue weighted by Gasteiger charge is -2.08. The van der Waals surface area contributed by atoms with Crippen molar-refractivity contribution in [2.24, 2.45) is 7.05 Å². The van der Waals surface area contributed by atoms with E-state index in [0.717, 1.165) is 17.8 Å². The number of amides is 1. The van der Waals surface area contributed by atoms with Gasteiger partial charge in [-0.3, -0.25) is 9.48 Å². The van der Waals surface area contributed by atoms with Gasteiger partial charge in [0.15, 0.2) is 0 Å². The van der Waals surface area contributed by atoms with Gasteiger partial charge in [0.05, 0.1) is 12.2 Å². The molecule has 0 aliphatic rings. The van der Waals surface area contributed by atoms with E-state index < -0.39 is 0 Å².